The second kappa shape index (κ2) is 3.43. The minimum absolute atomic E-state index is 0.0859. The van der Waals surface area contributed by atoms with Crippen LogP contribution in [0.4, 0.5) is 13.2 Å². The predicted molar refractivity (Wildman–Crippen MR) is 43.5 cm³/mol. The number of thioether (sulfide) groups is 1. The third-order valence-electron chi connectivity index (χ3n) is 1.26. The fraction of sp³-hybridized carbons (Fsp3) is 0.429. The zero-order valence-electron chi connectivity index (χ0n) is 6.43. The molecule has 0 saturated heterocycles. The molecule has 0 unspecified atom stereocenters. The molecule has 0 saturated carbocycles. The van der Waals surface area contributed by atoms with E-state index in [1.54, 1.807) is 18.0 Å². The van der Waals surface area contributed by atoms with Crippen LogP contribution in [0.5, 0.6) is 0 Å². The molecule has 0 N–H and O–H groups in total. The fourth-order valence-corrected chi connectivity index (χ4v) is 1.51. The van der Waals surface area contributed by atoms with Gasteiger partial charge in [0.2, 0.25) is 0 Å². The first kappa shape index (κ1) is 9.51. The maximum Gasteiger partial charge on any atom is 0.446 e. The summed E-state index contributed by atoms with van der Waals surface area (Å²) in [6.07, 6.45) is 4.67. The summed E-state index contributed by atoms with van der Waals surface area (Å²) >= 11 is -0.0859. The molecule has 0 bridgehead atoms. The monoisotopic (exact) mass is 195 g/mol. The fourth-order valence-electron chi connectivity index (χ4n) is 0.842. The Hall–Kier alpha value is -0.580. The van der Waals surface area contributed by atoms with Gasteiger partial charge in [-0.1, -0.05) is 6.08 Å². The van der Waals surface area contributed by atoms with Gasteiger partial charge in [-0.15, -0.1) is 0 Å². The largest absolute Gasteiger partial charge is 0.446 e. The third kappa shape index (κ3) is 3.21. The van der Waals surface area contributed by atoms with Crippen molar-refractivity contribution in [2.75, 3.05) is 13.6 Å². The van der Waals surface area contributed by atoms with E-state index in [9.17, 15) is 13.2 Å². The lowest BCUT2D eigenvalue weighted by Gasteiger charge is -2.17. The molecule has 1 rings (SSSR count). The highest BCUT2D eigenvalue weighted by atomic mass is 32.2. The van der Waals surface area contributed by atoms with Crippen LogP contribution in [0.2, 0.25) is 0 Å². The molecule has 0 radical (unpaired) electrons. The van der Waals surface area contributed by atoms with E-state index in [1.165, 1.54) is 12.3 Å². The third-order valence-corrected chi connectivity index (χ3v) is 1.97. The lowest BCUT2D eigenvalue weighted by molar-refractivity contribution is -0.0321. The Kier molecular flexibility index (Phi) is 2.72. The van der Waals surface area contributed by atoms with Crippen LogP contribution in [0.25, 0.3) is 0 Å². The Morgan fingerprint density at radius 1 is 1.50 bits per heavy atom. The Labute approximate surface area is 72.9 Å². The smallest absolute Gasteiger partial charge is 0.376 e. The van der Waals surface area contributed by atoms with Gasteiger partial charge >= 0.3 is 5.51 Å². The highest BCUT2D eigenvalue weighted by Crippen LogP contribution is 2.37. The van der Waals surface area contributed by atoms with E-state index >= 15 is 0 Å². The quantitative estimate of drug-likeness (QED) is 0.632. The molecule has 0 fully saturated rings. The van der Waals surface area contributed by atoms with E-state index in [4.69, 9.17) is 0 Å². The van der Waals surface area contributed by atoms with Crippen LogP contribution >= 0.6 is 11.8 Å². The first-order valence-corrected chi connectivity index (χ1v) is 4.13. The summed E-state index contributed by atoms with van der Waals surface area (Å²) in [7, 11) is 1.74. The molecule has 0 aliphatic carbocycles. The van der Waals surface area contributed by atoms with E-state index in [1.807, 2.05) is 0 Å². The second-order valence-electron chi connectivity index (χ2n) is 2.42. The van der Waals surface area contributed by atoms with E-state index in [2.05, 4.69) is 0 Å². The summed E-state index contributed by atoms with van der Waals surface area (Å²) in [5.41, 5.74) is -4.19. The van der Waals surface area contributed by atoms with Crippen molar-refractivity contribution in [3.8, 4) is 0 Å². The molecule has 68 valence electrons. The predicted octanol–water partition coefficient (Wildman–Crippen LogP) is 2.58. The molecule has 0 aromatic carbocycles. The molecular formula is C7H8F3NS. The molecule has 0 aromatic heterocycles. The maximum absolute atomic E-state index is 11.8. The number of likely N-dealkylation sites (N-methyl/N-ethyl adjacent to an activating group) is 1. The number of alkyl halides is 3. The first-order valence-electron chi connectivity index (χ1n) is 3.32. The highest BCUT2D eigenvalue weighted by molar-refractivity contribution is 8.04. The molecule has 0 aromatic rings. The average Bonchev–Trinajstić information content (AvgIpc) is 1.82. The van der Waals surface area contributed by atoms with Gasteiger partial charge in [-0.2, -0.15) is 13.2 Å². The van der Waals surface area contributed by atoms with E-state index in [-0.39, 0.29) is 16.7 Å². The number of hydrogen-bond acceptors (Lipinski definition) is 2. The Bertz CT molecular complexity index is 219. The van der Waals surface area contributed by atoms with E-state index in [0.29, 0.717) is 6.54 Å². The van der Waals surface area contributed by atoms with Gasteiger partial charge < -0.3 is 4.90 Å². The van der Waals surface area contributed by atoms with Crippen molar-refractivity contribution >= 4 is 11.8 Å². The van der Waals surface area contributed by atoms with Crippen molar-refractivity contribution in [3.63, 3.8) is 0 Å². The SMILES string of the molecule is CN1C=C(SC(F)(F)F)C=CC1. The Balaban J connectivity index is 2.58. The van der Waals surface area contributed by atoms with Gasteiger partial charge in [0.05, 0.1) is 0 Å². The summed E-state index contributed by atoms with van der Waals surface area (Å²) in [5.74, 6) is 0. The zero-order chi connectivity index (χ0) is 9.19. The molecule has 5 heteroatoms. The standard InChI is InChI=1S/C7H8F3NS/c1-11-4-2-3-6(5-11)12-7(8,9)10/h2-3,5H,4H2,1H3. The molecule has 1 nitrogen and oxygen atoms in total. The van der Waals surface area contributed by atoms with Gasteiger partial charge in [0, 0.05) is 24.7 Å². The molecule has 0 atom stereocenters. The van der Waals surface area contributed by atoms with Gasteiger partial charge in [-0.05, 0) is 17.8 Å². The van der Waals surface area contributed by atoms with Gasteiger partial charge in [0.25, 0.3) is 0 Å². The Morgan fingerprint density at radius 3 is 2.67 bits per heavy atom. The molecule has 1 aliphatic heterocycles. The van der Waals surface area contributed by atoms with Gasteiger partial charge in [0.15, 0.2) is 0 Å². The summed E-state index contributed by atoms with van der Waals surface area (Å²) in [4.78, 5) is 1.94. The van der Waals surface area contributed by atoms with Crippen molar-refractivity contribution in [1.29, 1.82) is 0 Å². The second-order valence-corrected chi connectivity index (χ2v) is 3.56. The topological polar surface area (TPSA) is 3.24 Å². The van der Waals surface area contributed by atoms with Crippen molar-refractivity contribution in [2.24, 2.45) is 0 Å². The van der Waals surface area contributed by atoms with Crippen LogP contribution in [-0.2, 0) is 0 Å². The van der Waals surface area contributed by atoms with Crippen LogP contribution in [0.15, 0.2) is 23.3 Å². The van der Waals surface area contributed by atoms with Gasteiger partial charge in [-0.3, -0.25) is 0 Å². The number of allylic oxidation sites excluding steroid dienone is 1. The molecule has 1 aliphatic rings. The van der Waals surface area contributed by atoms with Crippen molar-refractivity contribution in [2.45, 2.75) is 5.51 Å². The molecular weight excluding hydrogens is 187 g/mol. The maximum atomic E-state index is 11.8. The minimum Gasteiger partial charge on any atom is -0.376 e. The van der Waals surface area contributed by atoms with E-state index in [0.717, 1.165) is 0 Å². The van der Waals surface area contributed by atoms with Crippen LogP contribution in [-0.4, -0.2) is 24.0 Å². The number of rotatable bonds is 1. The summed E-state index contributed by atoms with van der Waals surface area (Å²) < 4.78 is 35.5. The van der Waals surface area contributed by atoms with E-state index < -0.39 is 5.51 Å². The van der Waals surface area contributed by atoms with Crippen LogP contribution in [0.1, 0.15) is 0 Å². The normalized spacial score (nSPS) is 18.0. The average molecular weight is 195 g/mol. The lowest BCUT2D eigenvalue weighted by Crippen LogP contribution is -2.14. The lowest BCUT2D eigenvalue weighted by atomic mass is 10.4. The summed E-state index contributed by atoms with van der Waals surface area (Å²) in [6.45, 7) is 0.669. The van der Waals surface area contributed by atoms with Crippen LogP contribution in [0, 0.1) is 0 Å². The summed E-state index contributed by atoms with van der Waals surface area (Å²) in [5, 5.41) is 0. The molecule has 1 heterocycles. The zero-order valence-corrected chi connectivity index (χ0v) is 7.25. The molecule has 0 spiro atoms. The highest BCUT2D eigenvalue weighted by Gasteiger charge is 2.30. The number of nitrogens with zero attached hydrogens (tertiary/aromatic N) is 1. The summed E-state index contributed by atoms with van der Waals surface area (Å²) in [6, 6.07) is 0. The molecule has 12 heavy (non-hydrogen) atoms. The van der Waals surface area contributed by atoms with Crippen molar-refractivity contribution in [3.05, 3.63) is 23.3 Å². The van der Waals surface area contributed by atoms with Crippen molar-refractivity contribution in [1.82, 2.24) is 4.90 Å². The number of halogens is 3. The van der Waals surface area contributed by atoms with Crippen LogP contribution < -0.4 is 0 Å². The Morgan fingerprint density at radius 2 is 2.17 bits per heavy atom. The first-order chi connectivity index (χ1) is 5.47. The molecule has 0 amide bonds. The van der Waals surface area contributed by atoms with Gasteiger partial charge in [0.1, 0.15) is 0 Å². The minimum atomic E-state index is -4.19. The van der Waals surface area contributed by atoms with Crippen LogP contribution in [0.3, 0.4) is 0 Å². The van der Waals surface area contributed by atoms with Gasteiger partial charge in [-0.25, -0.2) is 0 Å². The van der Waals surface area contributed by atoms with Crippen molar-refractivity contribution < 1.29 is 13.2 Å². The number of hydrogen-bond donors (Lipinski definition) is 0.